The summed E-state index contributed by atoms with van der Waals surface area (Å²) >= 11 is 5.99. The number of benzene rings is 1. The maximum Gasteiger partial charge on any atom is 0.270 e. The van der Waals surface area contributed by atoms with Gasteiger partial charge in [0.2, 0.25) is 0 Å². The van der Waals surface area contributed by atoms with Gasteiger partial charge in [-0.2, -0.15) is 5.10 Å². The quantitative estimate of drug-likeness (QED) is 0.715. The second-order valence-electron chi connectivity index (χ2n) is 6.59. The maximum absolute atomic E-state index is 12.9. The average molecular weight is 370 g/mol. The first kappa shape index (κ1) is 16.9. The number of nitrogens with one attached hydrogen (secondary N) is 1. The monoisotopic (exact) mass is 369 g/mol. The van der Waals surface area contributed by atoms with Gasteiger partial charge in [0.1, 0.15) is 11.4 Å². The number of aromatic nitrogens is 2. The van der Waals surface area contributed by atoms with E-state index in [1.807, 2.05) is 18.2 Å². The molecule has 4 rings (SSSR count). The van der Waals surface area contributed by atoms with Crippen molar-refractivity contribution >= 4 is 17.5 Å². The number of hydrogen-bond acceptors (Lipinski definition) is 3. The average Bonchev–Trinajstić information content (AvgIpc) is 3.33. The lowest BCUT2D eigenvalue weighted by Crippen LogP contribution is -2.37. The summed E-state index contributed by atoms with van der Waals surface area (Å²) in [4.78, 5) is 12.9. The van der Waals surface area contributed by atoms with E-state index in [2.05, 4.69) is 10.4 Å². The van der Waals surface area contributed by atoms with Crippen LogP contribution >= 0.6 is 11.6 Å². The Bertz CT molecular complexity index is 878. The number of hydrogen-bond donors (Lipinski definition) is 1. The predicted molar refractivity (Wildman–Crippen MR) is 101 cm³/mol. The van der Waals surface area contributed by atoms with Crippen molar-refractivity contribution < 1.29 is 9.21 Å². The number of amides is 1. The third-order valence-electron chi connectivity index (χ3n) is 4.73. The Hall–Kier alpha value is -2.53. The molecule has 0 spiro atoms. The van der Waals surface area contributed by atoms with Crippen molar-refractivity contribution in [2.75, 3.05) is 0 Å². The molecule has 2 heterocycles. The largest absolute Gasteiger partial charge is 0.463 e. The fourth-order valence-corrected chi connectivity index (χ4v) is 3.50. The second kappa shape index (κ2) is 7.38. The van der Waals surface area contributed by atoms with E-state index < -0.39 is 0 Å². The standard InChI is InChI=1S/C20H20ClN3O2/c21-14-8-10-16(11-9-14)24-18(13-17(23-24)19-7-4-12-26-19)20(25)22-15-5-2-1-3-6-15/h4,7-13,15H,1-3,5-6H2,(H,22,25). The van der Waals surface area contributed by atoms with Crippen LogP contribution in [0.25, 0.3) is 17.1 Å². The SMILES string of the molecule is O=C(NC1CCCCC1)c1cc(-c2ccco2)nn1-c1ccc(Cl)cc1. The number of furan rings is 1. The van der Waals surface area contributed by atoms with Crippen LogP contribution in [0.1, 0.15) is 42.6 Å². The van der Waals surface area contributed by atoms with E-state index in [9.17, 15) is 4.79 Å². The summed E-state index contributed by atoms with van der Waals surface area (Å²) in [5.74, 6) is 0.515. The van der Waals surface area contributed by atoms with Crippen molar-refractivity contribution in [2.24, 2.45) is 0 Å². The molecule has 1 aliphatic carbocycles. The molecule has 0 aliphatic heterocycles. The molecule has 5 nitrogen and oxygen atoms in total. The molecule has 134 valence electrons. The smallest absolute Gasteiger partial charge is 0.270 e. The molecule has 6 heteroatoms. The molecule has 2 aromatic heterocycles. The first-order valence-corrected chi connectivity index (χ1v) is 9.29. The molecule has 3 aromatic rings. The molecule has 1 fully saturated rings. The molecule has 1 aliphatic rings. The van der Waals surface area contributed by atoms with E-state index in [-0.39, 0.29) is 11.9 Å². The highest BCUT2D eigenvalue weighted by Gasteiger charge is 2.22. The van der Waals surface area contributed by atoms with Gasteiger partial charge in [0.25, 0.3) is 5.91 Å². The van der Waals surface area contributed by atoms with Gasteiger partial charge in [-0.25, -0.2) is 4.68 Å². The zero-order chi connectivity index (χ0) is 17.9. The van der Waals surface area contributed by atoms with Crippen molar-refractivity contribution in [1.29, 1.82) is 0 Å². The molecule has 1 amide bonds. The van der Waals surface area contributed by atoms with Gasteiger partial charge in [-0.1, -0.05) is 30.9 Å². The van der Waals surface area contributed by atoms with Gasteiger partial charge >= 0.3 is 0 Å². The van der Waals surface area contributed by atoms with E-state index >= 15 is 0 Å². The number of carbonyl (C=O) groups is 1. The molecule has 1 saturated carbocycles. The van der Waals surface area contributed by atoms with E-state index in [0.717, 1.165) is 18.5 Å². The zero-order valence-electron chi connectivity index (χ0n) is 14.3. The van der Waals surface area contributed by atoms with Gasteiger partial charge in [-0.05, 0) is 49.2 Å². The third kappa shape index (κ3) is 3.53. The number of halogens is 1. The van der Waals surface area contributed by atoms with Crippen LogP contribution in [0.15, 0.2) is 53.1 Å². The summed E-state index contributed by atoms with van der Waals surface area (Å²) in [6, 6.07) is 12.9. The predicted octanol–water partition coefficient (Wildman–Crippen LogP) is 4.85. The molecule has 0 bridgehead atoms. The molecule has 1 N–H and O–H groups in total. The van der Waals surface area contributed by atoms with Gasteiger partial charge < -0.3 is 9.73 Å². The minimum Gasteiger partial charge on any atom is -0.463 e. The number of nitrogens with zero attached hydrogens (tertiary/aromatic N) is 2. The minimum absolute atomic E-state index is 0.114. The maximum atomic E-state index is 12.9. The van der Waals surface area contributed by atoms with Crippen LogP contribution < -0.4 is 5.32 Å². The van der Waals surface area contributed by atoms with Crippen LogP contribution in [0.2, 0.25) is 5.02 Å². The molecule has 0 atom stereocenters. The van der Waals surface area contributed by atoms with Crippen molar-refractivity contribution in [2.45, 2.75) is 38.1 Å². The Morgan fingerprint density at radius 3 is 2.62 bits per heavy atom. The van der Waals surface area contributed by atoms with E-state index in [0.29, 0.717) is 22.2 Å². The lowest BCUT2D eigenvalue weighted by molar-refractivity contribution is 0.0920. The van der Waals surface area contributed by atoms with Crippen molar-refractivity contribution in [3.63, 3.8) is 0 Å². The van der Waals surface area contributed by atoms with E-state index in [1.54, 1.807) is 35.2 Å². The molecular weight excluding hydrogens is 350 g/mol. The van der Waals surface area contributed by atoms with Crippen LogP contribution in [0.4, 0.5) is 0 Å². The van der Waals surface area contributed by atoms with E-state index in [4.69, 9.17) is 16.0 Å². The zero-order valence-corrected chi connectivity index (χ0v) is 15.1. The van der Waals surface area contributed by atoms with Crippen LogP contribution in [0.5, 0.6) is 0 Å². The van der Waals surface area contributed by atoms with Crippen molar-refractivity contribution in [3.05, 3.63) is 59.4 Å². The van der Waals surface area contributed by atoms with Crippen LogP contribution in [0, 0.1) is 0 Å². The summed E-state index contributed by atoms with van der Waals surface area (Å²) < 4.78 is 7.09. The van der Waals surface area contributed by atoms with E-state index in [1.165, 1.54) is 19.3 Å². The van der Waals surface area contributed by atoms with Crippen LogP contribution in [-0.4, -0.2) is 21.7 Å². The summed E-state index contributed by atoms with van der Waals surface area (Å²) in [6.07, 6.45) is 7.24. The Morgan fingerprint density at radius 2 is 1.92 bits per heavy atom. The van der Waals surface area contributed by atoms with Crippen LogP contribution in [0.3, 0.4) is 0 Å². The first-order valence-electron chi connectivity index (χ1n) is 8.91. The molecule has 1 aromatic carbocycles. The summed E-state index contributed by atoms with van der Waals surface area (Å²) in [5.41, 5.74) is 1.89. The molecular formula is C20H20ClN3O2. The normalized spacial score (nSPS) is 15.1. The van der Waals surface area contributed by atoms with Gasteiger partial charge in [0.15, 0.2) is 5.76 Å². The first-order chi connectivity index (χ1) is 12.7. The van der Waals surface area contributed by atoms with Gasteiger partial charge in [-0.3, -0.25) is 4.79 Å². The molecule has 26 heavy (non-hydrogen) atoms. The third-order valence-corrected chi connectivity index (χ3v) is 4.98. The van der Waals surface area contributed by atoms with Crippen LogP contribution in [-0.2, 0) is 0 Å². The molecule has 0 unspecified atom stereocenters. The number of rotatable bonds is 4. The highest BCUT2D eigenvalue weighted by Crippen LogP contribution is 2.24. The summed E-state index contributed by atoms with van der Waals surface area (Å²) in [7, 11) is 0. The summed E-state index contributed by atoms with van der Waals surface area (Å²) in [6.45, 7) is 0. The van der Waals surface area contributed by atoms with Crippen molar-refractivity contribution in [1.82, 2.24) is 15.1 Å². The lowest BCUT2D eigenvalue weighted by atomic mass is 9.95. The minimum atomic E-state index is -0.114. The fourth-order valence-electron chi connectivity index (χ4n) is 3.37. The van der Waals surface area contributed by atoms with Gasteiger partial charge in [0, 0.05) is 17.1 Å². The molecule has 0 saturated heterocycles. The van der Waals surface area contributed by atoms with Gasteiger partial charge in [-0.15, -0.1) is 0 Å². The highest BCUT2D eigenvalue weighted by molar-refractivity contribution is 6.30. The Labute approximate surface area is 157 Å². The topological polar surface area (TPSA) is 60.1 Å². The van der Waals surface area contributed by atoms with Gasteiger partial charge in [0.05, 0.1) is 12.0 Å². The second-order valence-corrected chi connectivity index (χ2v) is 7.03. The highest BCUT2D eigenvalue weighted by atomic mass is 35.5. The Balaban J connectivity index is 1.69. The Morgan fingerprint density at radius 1 is 1.15 bits per heavy atom. The fraction of sp³-hybridized carbons (Fsp3) is 0.300. The lowest BCUT2D eigenvalue weighted by Gasteiger charge is -2.22. The number of carbonyl (C=O) groups excluding carboxylic acids is 1. The van der Waals surface area contributed by atoms with Crippen molar-refractivity contribution in [3.8, 4) is 17.1 Å². The molecule has 0 radical (unpaired) electrons. The Kier molecular flexibility index (Phi) is 4.80. The summed E-state index contributed by atoms with van der Waals surface area (Å²) in [5, 5.41) is 8.38.